The molecule has 0 unspecified atom stereocenters. The van der Waals surface area contributed by atoms with Crippen LogP contribution >= 0.6 is 0 Å². The molecule has 3 rings (SSSR count). The molecule has 24 heavy (non-hydrogen) atoms. The van der Waals surface area contributed by atoms with E-state index < -0.39 is 17.9 Å². The Hall–Kier alpha value is -3.22. The number of nitrogens with zero attached hydrogens (tertiary/aromatic N) is 3. The Morgan fingerprint density at radius 2 is 1.92 bits per heavy atom. The third-order valence-electron chi connectivity index (χ3n) is 3.57. The third kappa shape index (κ3) is 3.40. The summed E-state index contributed by atoms with van der Waals surface area (Å²) in [6.45, 7) is 0.0469. The lowest BCUT2D eigenvalue weighted by Crippen LogP contribution is -2.39. The van der Waals surface area contributed by atoms with Gasteiger partial charge in [0, 0.05) is 12.6 Å². The smallest absolute Gasteiger partial charge is 0.354 e. The molecule has 1 aromatic carbocycles. The number of benzene rings is 1. The number of esters is 1. The standard InChI is InChI=1S/C17H16N4O3/c18-16(22)15-10-14(20-21(15)13-7-2-1-3-8-13)17(23)24-11-12-6-4-5-9-19-12/h1-9,15H,10-11H2,(H2,18,22)/t15-/m0/s1. The van der Waals surface area contributed by atoms with Gasteiger partial charge in [-0.3, -0.25) is 14.8 Å². The highest BCUT2D eigenvalue weighted by Crippen LogP contribution is 2.24. The summed E-state index contributed by atoms with van der Waals surface area (Å²) >= 11 is 0. The lowest BCUT2D eigenvalue weighted by atomic mass is 10.1. The highest BCUT2D eigenvalue weighted by Gasteiger charge is 2.35. The van der Waals surface area contributed by atoms with E-state index in [4.69, 9.17) is 10.5 Å². The fourth-order valence-corrected chi connectivity index (χ4v) is 2.38. The minimum atomic E-state index is -0.704. The Kier molecular flexibility index (Phi) is 4.51. The minimum absolute atomic E-state index is 0.0469. The van der Waals surface area contributed by atoms with Crippen molar-refractivity contribution < 1.29 is 14.3 Å². The number of para-hydroxylation sites is 1. The summed E-state index contributed by atoms with van der Waals surface area (Å²) in [5.74, 6) is -1.12. The fourth-order valence-electron chi connectivity index (χ4n) is 2.38. The molecule has 2 N–H and O–H groups in total. The summed E-state index contributed by atoms with van der Waals surface area (Å²) in [6, 6.07) is 13.7. The zero-order chi connectivity index (χ0) is 16.9. The summed E-state index contributed by atoms with van der Waals surface area (Å²) in [5.41, 5.74) is 6.93. The van der Waals surface area contributed by atoms with Gasteiger partial charge in [0.25, 0.3) is 0 Å². The van der Waals surface area contributed by atoms with Crippen molar-refractivity contribution >= 4 is 23.3 Å². The molecule has 0 aliphatic carbocycles. The molecule has 7 nitrogen and oxygen atoms in total. The molecule has 1 aliphatic heterocycles. The van der Waals surface area contributed by atoms with E-state index in [0.717, 1.165) is 0 Å². The van der Waals surface area contributed by atoms with Crippen molar-refractivity contribution in [2.75, 3.05) is 5.01 Å². The number of amides is 1. The highest BCUT2D eigenvalue weighted by atomic mass is 16.5. The second-order valence-corrected chi connectivity index (χ2v) is 5.25. The first-order valence-corrected chi connectivity index (χ1v) is 7.43. The van der Waals surface area contributed by atoms with Gasteiger partial charge >= 0.3 is 5.97 Å². The van der Waals surface area contributed by atoms with Gasteiger partial charge in [-0.1, -0.05) is 24.3 Å². The van der Waals surface area contributed by atoms with Crippen molar-refractivity contribution in [1.82, 2.24) is 4.98 Å². The van der Waals surface area contributed by atoms with Crippen molar-refractivity contribution in [3.63, 3.8) is 0 Å². The van der Waals surface area contributed by atoms with Gasteiger partial charge < -0.3 is 10.5 Å². The van der Waals surface area contributed by atoms with Crippen LogP contribution in [0.4, 0.5) is 5.69 Å². The second kappa shape index (κ2) is 6.91. The average Bonchev–Trinajstić information content (AvgIpc) is 3.07. The normalized spacial score (nSPS) is 16.6. The summed E-state index contributed by atoms with van der Waals surface area (Å²) in [6.07, 6.45) is 1.74. The zero-order valence-corrected chi connectivity index (χ0v) is 12.8. The summed E-state index contributed by atoms with van der Waals surface area (Å²) in [5, 5.41) is 5.69. The van der Waals surface area contributed by atoms with Crippen molar-refractivity contribution in [1.29, 1.82) is 0 Å². The van der Waals surface area contributed by atoms with E-state index in [0.29, 0.717) is 11.4 Å². The zero-order valence-electron chi connectivity index (χ0n) is 12.8. The number of hydrazone groups is 1. The van der Waals surface area contributed by atoms with E-state index in [1.165, 1.54) is 5.01 Å². The predicted octanol–water partition coefficient (Wildman–Crippen LogP) is 1.24. The molecule has 1 aromatic heterocycles. The number of anilines is 1. The van der Waals surface area contributed by atoms with Crippen LogP contribution in [-0.2, 0) is 20.9 Å². The van der Waals surface area contributed by atoms with Crippen LogP contribution in [0.3, 0.4) is 0 Å². The van der Waals surface area contributed by atoms with Crippen LogP contribution in [0.2, 0.25) is 0 Å². The maximum Gasteiger partial charge on any atom is 0.354 e. The molecule has 1 amide bonds. The molecule has 0 radical (unpaired) electrons. The number of carbonyl (C=O) groups is 2. The van der Waals surface area contributed by atoms with Crippen molar-refractivity contribution in [3.05, 3.63) is 60.4 Å². The molecule has 0 fully saturated rings. The molecule has 1 aliphatic rings. The number of hydrogen-bond donors (Lipinski definition) is 1. The van der Waals surface area contributed by atoms with Crippen molar-refractivity contribution in [2.24, 2.45) is 10.8 Å². The number of pyridine rings is 1. The van der Waals surface area contributed by atoms with Crippen LogP contribution < -0.4 is 10.7 Å². The number of ether oxygens (including phenoxy) is 1. The van der Waals surface area contributed by atoms with Crippen molar-refractivity contribution in [2.45, 2.75) is 19.1 Å². The monoisotopic (exact) mass is 324 g/mol. The molecule has 0 saturated heterocycles. The molecular weight excluding hydrogens is 308 g/mol. The van der Waals surface area contributed by atoms with Gasteiger partial charge in [-0.25, -0.2) is 4.79 Å². The molecule has 7 heteroatoms. The summed E-state index contributed by atoms with van der Waals surface area (Å²) < 4.78 is 5.21. The van der Waals surface area contributed by atoms with Gasteiger partial charge in [0.1, 0.15) is 18.4 Å². The Balaban J connectivity index is 1.73. The van der Waals surface area contributed by atoms with Crippen LogP contribution in [0.5, 0.6) is 0 Å². The maximum atomic E-state index is 12.2. The van der Waals surface area contributed by atoms with E-state index in [9.17, 15) is 9.59 Å². The molecule has 122 valence electrons. The molecule has 0 saturated carbocycles. The first-order chi connectivity index (χ1) is 11.6. The SMILES string of the molecule is NC(=O)[C@@H]1CC(C(=O)OCc2ccccn2)=NN1c1ccccc1. The minimum Gasteiger partial charge on any atom is -0.455 e. The molecule has 2 aromatic rings. The number of hydrogen-bond acceptors (Lipinski definition) is 6. The lowest BCUT2D eigenvalue weighted by Gasteiger charge is -2.20. The molecule has 1 atom stereocenters. The van der Waals surface area contributed by atoms with Gasteiger partial charge in [-0.15, -0.1) is 0 Å². The summed E-state index contributed by atoms with van der Waals surface area (Å²) in [7, 11) is 0. The number of rotatable bonds is 5. The van der Waals surface area contributed by atoms with Gasteiger partial charge in [-0.2, -0.15) is 5.10 Å². The number of primary amides is 1. The molecule has 0 bridgehead atoms. The van der Waals surface area contributed by atoms with Gasteiger partial charge in [0.15, 0.2) is 0 Å². The molecule has 0 spiro atoms. The van der Waals surface area contributed by atoms with Crippen LogP contribution in [0.1, 0.15) is 12.1 Å². The van der Waals surface area contributed by atoms with E-state index in [-0.39, 0.29) is 18.7 Å². The van der Waals surface area contributed by atoms with Crippen LogP contribution in [0.15, 0.2) is 59.8 Å². The highest BCUT2D eigenvalue weighted by molar-refractivity contribution is 6.38. The Morgan fingerprint density at radius 3 is 2.58 bits per heavy atom. The van der Waals surface area contributed by atoms with Gasteiger partial charge in [-0.05, 0) is 24.3 Å². The van der Waals surface area contributed by atoms with Crippen LogP contribution in [0.25, 0.3) is 0 Å². The van der Waals surface area contributed by atoms with Gasteiger partial charge in [0.2, 0.25) is 5.91 Å². The summed E-state index contributed by atoms with van der Waals surface area (Å²) in [4.78, 5) is 28.0. The van der Waals surface area contributed by atoms with Crippen LogP contribution in [-0.4, -0.2) is 28.6 Å². The topological polar surface area (TPSA) is 97.9 Å². The molecular formula is C17H16N4O3. The third-order valence-corrected chi connectivity index (χ3v) is 3.57. The van der Waals surface area contributed by atoms with E-state index in [1.54, 1.807) is 30.5 Å². The fraction of sp³-hybridized carbons (Fsp3) is 0.176. The lowest BCUT2D eigenvalue weighted by molar-refractivity contribution is -0.137. The Labute approximate surface area is 138 Å². The first-order valence-electron chi connectivity index (χ1n) is 7.43. The van der Waals surface area contributed by atoms with Crippen LogP contribution in [0, 0.1) is 0 Å². The number of carbonyl (C=O) groups excluding carboxylic acids is 2. The quantitative estimate of drug-likeness (QED) is 0.835. The van der Waals surface area contributed by atoms with Crippen molar-refractivity contribution in [3.8, 4) is 0 Å². The number of aromatic nitrogens is 1. The average molecular weight is 324 g/mol. The largest absolute Gasteiger partial charge is 0.455 e. The van der Waals surface area contributed by atoms with E-state index >= 15 is 0 Å². The Morgan fingerprint density at radius 1 is 1.17 bits per heavy atom. The number of nitrogens with two attached hydrogens (primary N) is 1. The Bertz CT molecular complexity index is 762. The van der Waals surface area contributed by atoms with Gasteiger partial charge in [0.05, 0.1) is 11.4 Å². The van der Waals surface area contributed by atoms with E-state index in [2.05, 4.69) is 10.1 Å². The van der Waals surface area contributed by atoms with E-state index in [1.807, 2.05) is 24.3 Å². The molecule has 2 heterocycles. The first kappa shape index (κ1) is 15.7. The predicted molar refractivity (Wildman–Crippen MR) is 88.0 cm³/mol. The second-order valence-electron chi connectivity index (χ2n) is 5.25. The maximum absolute atomic E-state index is 12.2.